The molecule has 2 aliphatic rings. The average molecular weight is 587 g/mol. The highest BCUT2D eigenvalue weighted by atomic mass is 79.9. The first-order valence-electron chi connectivity index (χ1n) is 11.9. The number of hydrogen-bond acceptors (Lipinski definition) is 6. The molecule has 2 amide bonds. The maximum Gasteiger partial charge on any atom is 0.273 e. The van der Waals surface area contributed by atoms with Gasteiger partial charge in [-0.1, -0.05) is 0 Å². The van der Waals surface area contributed by atoms with Gasteiger partial charge in [-0.2, -0.15) is 0 Å². The van der Waals surface area contributed by atoms with Crippen molar-refractivity contribution >= 4 is 39.4 Å². The Kier molecular flexibility index (Phi) is 7.63. The number of aromatic nitrogens is 2. The molecule has 2 aromatic heterocycles. The number of hydrogen-bond donors (Lipinski definition) is 2. The molecule has 2 aliphatic heterocycles. The minimum Gasteiger partial charge on any atom is -0.355 e. The molecule has 4 rings (SSSR count). The SMILES string of the molecule is Cc1ccc(C(=O)NNC(=O)c2cc(Br)c(C)nc2N2CCC(F)(F)CC2)c(N2CCC(F)(F)CC2)n1. The number of carbonyl (C=O) groups excluding carboxylic acids is 2. The van der Waals surface area contributed by atoms with E-state index < -0.39 is 23.7 Å². The van der Waals surface area contributed by atoms with Crippen LogP contribution in [0.25, 0.3) is 0 Å². The number of nitrogens with one attached hydrogen (secondary N) is 2. The average Bonchev–Trinajstić information content (AvgIpc) is 2.84. The molecular weight excluding hydrogens is 560 g/mol. The first-order valence-corrected chi connectivity index (χ1v) is 12.7. The normalized spacial score (nSPS) is 18.9. The number of aryl methyl sites for hydroxylation is 2. The number of anilines is 2. The van der Waals surface area contributed by atoms with Crippen molar-refractivity contribution in [1.82, 2.24) is 20.8 Å². The van der Waals surface area contributed by atoms with E-state index in [4.69, 9.17) is 0 Å². The number of piperidine rings is 2. The quantitative estimate of drug-likeness (QED) is 0.407. The molecule has 0 aliphatic carbocycles. The lowest BCUT2D eigenvalue weighted by Crippen LogP contribution is -2.45. The topological polar surface area (TPSA) is 90.5 Å². The zero-order chi connectivity index (χ0) is 27.0. The van der Waals surface area contributed by atoms with Gasteiger partial charge < -0.3 is 9.80 Å². The second-order valence-electron chi connectivity index (χ2n) is 9.34. The monoisotopic (exact) mass is 586 g/mol. The lowest BCUT2D eigenvalue weighted by Gasteiger charge is -2.34. The van der Waals surface area contributed by atoms with E-state index in [1.165, 1.54) is 12.1 Å². The number of nitrogens with zero attached hydrogens (tertiary/aromatic N) is 4. The third-order valence-corrected chi connectivity index (χ3v) is 7.32. The van der Waals surface area contributed by atoms with Crippen LogP contribution in [0.3, 0.4) is 0 Å². The highest BCUT2D eigenvalue weighted by molar-refractivity contribution is 9.10. The molecule has 2 aromatic rings. The molecule has 0 bridgehead atoms. The Balaban J connectivity index is 1.50. The Morgan fingerprint density at radius 2 is 1.27 bits per heavy atom. The van der Waals surface area contributed by atoms with Crippen molar-refractivity contribution in [3.63, 3.8) is 0 Å². The Morgan fingerprint density at radius 1 is 0.811 bits per heavy atom. The number of rotatable bonds is 4. The minimum absolute atomic E-state index is 0.0288. The summed E-state index contributed by atoms with van der Waals surface area (Å²) in [5.74, 6) is -6.37. The van der Waals surface area contributed by atoms with E-state index in [0.717, 1.165) is 0 Å². The van der Waals surface area contributed by atoms with Crippen molar-refractivity contribution < 1.29 is 27.2 Å². The fourth-order valence-electron chi connectivity index (χ4n) is 4.28. The smallest absolute Gasteiger partial charge is 0.273 e. The summed E-state index contributed by atoms with van der Waals surface area (Å²) in [5.41, 5.74) is 6.13. The van der Waals surface area contributed by atoms with Crippen molar-refractivity contribution in [3.8, 4) is 0 Å². The van der Waals surface area contributed by atoms with E-state index in [1.807, 2.05) is 0 Å². The van der Waals surface area contributed by atoms with Crippen LogP contribution in [0.4, 0.5) is 29.2 Å². The standard InChI is InChI=1S/C24H27BrF4N6O2/c1-14-3-4-16(19(30-14)34-9-5-23(26,27)6-10-34)21(36)32-33-22(37)17-13-18(25)15(2)31-20(17)35-11-7-24(28,29)8-12-35/h3-4,13H,5-12H2,1-2H3,(H,32,36)(H,33,37). The molecule has 4 heterocycles. The summed E-state index contributed by atoms with van der Waals surface area (Å²) in [7, 11) is 0. The highest BCUT2D eigenvalue weighted by Gasteiger charge is 2.37. The molecule has 2 fully saturated rings. The first kappa shape index (κ1) is 27.1. The fraction of sp³-hybridized carbons (Fsp3) is 0.500. The molecule has 0 spiro atoms. The summed E-state index contributed by atoms with van der Waals surface area (Å²) in [6.45, 7) is 3.58. The zero-order valence-corrected chi connectivity index (χ0v) is 22.0. The van der Waals surface area contributed by atoms with E-state index in [-0.39, 0.29) is 74.6 Å². The van der Waals surface area contributed by atoms with Gasteiger partial charge in [-0.25, -0.2) is 27.5 Å². The molecule has 0 radical (unpaired) electrons. The predicted octanol–water partition coefficient (Wildman–Crippen LogP) is 4.40. The van der Waals surface area contributed by atoms with E-state index in [2.05, 4.69) is 36.7 Å². The number of pyridine rings is 2. The van der Waals surface area contributed by atoms with E-state index in [0.29, 0.717) is 15.9 Å². The van der Waals surface area contributed by atoms with Gasteiger partial charge in [-0.15, -0.1) is 0 Å². The largest absolute Gasteiger partial charge is 0.355 e. The molecule has 200 valence electrons. The second-order valence-corrected chi connectivity index (χ2v) is 10.2. The molecule has 0 atom stereocenters. The van der Waals surface area contributed by atoms with E-state index in [9.17, 15) is 27.2 Å². The first-order chi connectivity index (χ1) is 17.3. The van der Waals surface area contributed by atoms with Gasteiger partial charge >= 0.3 is 0 Å². The van der Waals surface area contributed by atoms with Crippen LogP contribution in [0.5, 0.6) is 0 Å². The van der Waals surface area contributed by atoms with Crippen LogP contribution < -0.4 is 20.7 Å². The van der Waals surface area contributed by atoms with Gasteiger partial charge in [0.25, 0.3) is 23.7 Å². The van der Waals surface area contributed by atoms with Crippen LogP contribution in [-0.4, -0.2) is 59.8 Å². The lowest BCUT2D eigenvalue weighted by atomic mass is 10.1. The molecule has 0 aromatic carbocycles. The number of amides is 2. The predicted molar refractivity (Wildman–Crippen MR) is 133 cm³/mol. The van der Waals surface area contributed by atoms with Crippen molar-refractivity contribution in [2.45, 2.75) is 51.4 Å². The van der Waals surface area contributed by atoms with Crippen LogP contribution in [0, 0.1) is 13.8 Å². The Hall–Kier alpha value is -2.96. The van der Waals surface area contributed by atoms with E-state index >= 15 is 0 Å². The highest BCUT2D eigenvalue weighted by Crippen LogP contribution is 2.33. The Morgan fingerprint density at radius 3 is 1.78 bits per heavy atom. The number of hydrazine groups is 1. The van der Waals surface area contributed by atoms with Crippen molar-refractivity contribution in [3.05, 3.63) is 45.2 Å². The molecule has 2 saturated heterocycles. The number of alkyl halides is 4. The van der Waals surface area contributed by atoms with Gasteiger partial charge in [0.1, 0.15) is 11.6 Å². The van der Waals surface area contributed by atoms with Gasteiger partial charge in [0.2, 0.25) is 0 Å². The van der Waals surface area contributed by atoms with Crippen molar-refractivity contribution in [1.29, 1.82) is 0 Å². The molecule has 0 unspecified atom stereocenters. The molecule has 2 N–H and O–H groups in total. The van der Waals surface area contributed by atoms with Gasteiger partial charge in [0, 0.05) is 62.0 Å². The molecule has 13 heteroatoms. The van der Waals surface area contributed by atoms with Crippen molar-refractivity contribution in [2.75, 3.05) is 36.0 Å². The molecule has 37 heavy (non-hydrogen) atoms. The number of halogens is 5. The zero-order valence-electron chi connectivity index (χ0n) is 20.4. The minimum atomic E-state index is -2.76. The summed E-state index contributed by atoms with van der Waals surface area (Å²) in [6, 6.07) is 4.66. The van der Waals surface area contributed by atoms with Gasteiger partial charge in [0.05, 0.1) is 16.8 Å². The summed E-state index contributed by atoms with van der Waals surface area (Å²) < 4.78 is 55.2. The van der Waals surface area contributed by atoms with Crippen LogP contribution in [0.1, 0.15) is 57.8 Å². The number of carbonyl (C=O) groups is 2. The lowest BCUT2D eigenvalue weighted by molar-refractivity contribution is -0.0228. The van der Waals surface area contributed by atoms with Crippen molar-refractivity contribution in [2.24, 2.45) is 0 Å². The maximum absolute atomic E-state index is 13.7. The van der Waals surface area contributed by atoms with Crippen LogP contribution in [0.2, 0.25) is 0 Å². The second kappa shape index (κ2) is 10.4. The molecule has 8 nitrogen and oxygen atoms in total. The summed E-state index contributed by atoms with van der Waals surface area (Å²) in [4.78, 5) is 38.1. The molecule has 0 saturated carbocycles. The maximum atomic E-state index is 13.7. The summed E-state index contributed by atoms with van der Waals surface area (Å²) in [6.07, 6.45) is -1.40. The van der Waals surface area contributed by atoms with Crippen LogP contribution >= 0.6 is 15.9 Å². The Bertz CT molecular complexity index is 1190. The van der Waals surface area contributed by atoms with Gasteiger partial charge in [-0.05, 0) is 48.0 Å². The fourth-order valence-corrected chi connectivity index (χ4v) is 4.59. The van der Waals surface area contributed by atoms with Gasteiger partial charge in [-0.3, -0.25) is 20.4 Å². The Labute approximate surface area is 219 Å². The third kappa shape index (κ3) is 6.31. The van der Waals surface area contributed by atoms with Crippen LogP contribution in [-0.2, 0) is 0 Å². The van der Waals surface area contributed by atoms with Crippen LogP contribution in [0.15, 0.2) is 22.7 Å². The molecular formula is C24H27BrF4N6O2. The third-order valence-electron chi connectivity index (χ3n) is 6.51. The van der Waals surface area contributed by atoms with Gasteiger partial charge in [0.15, 0.2) is 0 Å². The summed E-state index contributed by atoms with van der Waals surface area (Å²) in [5, 5.41) is 0. The summed E-state index contributed by atoms with van der Waals surface area (Å²) >= 11 is 3.34. The van der Waals surface area contributed by atoms with E-state index in [1.54, 1.807) is 29.7 Å².